The molecule has 2 heterocycles. The average Bonchev–Trinajstić information content (AvgIpc) is 2.84. The number of hydrogen-bond donors (Lipinski definition) is 1. The van der Waals surface area contributed by atoms with Crippen molar-refractivity contribution in [2.24, 2.45) is 5.92 Å². The second kappa shape index (κ2) is 12.3. The number of rotatable bonds is 5. The van der Waals surface area contributed by atoms with E-state index in [4.69, 9.17) is 0 Å². The van der Waals surface area contributed by atoms with E-state index < -0.39 is 0 Å². The second-order valence-corrected chi connectivity index (χ2v) is 6.73. The van der Waals surface area contributed by atoms with Crippen LogP contribution >= 0.6 is 48.6 Å². The Balaban J connectivity index is 0. The molecule has 0 bridgehead atoms. The van der Waals surface area contributed by atoms with Gasteiger partial charge in [-0.1, -0.05) is 6.92 Å². The van der Waals surface area contributed by atoms with Gasteiger partial charge in [0, 0.05) is 56.3 Å². The summed E-state index contributed by atoms with van der Waals surface area (Å²) in [6.07, 6.45) is 1.96. The van der Waals surface area contributed by atoms with E-state index in [1.54, 1.807) is 11.3 Å². The number of carbonyl (C=O) groups excluding carboxylic acids is 1. The second-order valence-electron chi connectivity index (χ2n) is 5.41. The smallest absolute Gasteiger partial charge is 0.226 e. The monoisotopic (exact) mass is 404 g/mol. The van der Waals surface area contributed by atoms with Crippen LogP contribution in [0.1, 0.15) is 16.8 Å². The maximum atomic E-state index is 12.2. The van der Waals surface area contributed by atoms with Crippen molar-refractivity contribution in [3.63, 3.8) is 0 Å². The standard InChI is InChI=1S/C14H24N4OS.3ClH/c1-11(8-15-3)14(19)18-6-4-17(5-7-18)10-13-9-16-12(2)20-13;;;/h9,11,15H,4-8,10H2,1-3H3;3*1H. The summed E-state index contributed by atoms with van der Waals surface area (Å²) in [5, 5.41) is 4.19. The summed E-state index contributed by atoms with van der Waals surface area (Å²) in [7, 11) is 1.89. The fourth-order valence-corrected chi connectivity index (χ4v) is 3.37. The van der Waals surface area contributed by atoms with Crippen LogP contribution in [-0.2, 0) is 11.3 Å². The van der Waals surface area contributed by atoms with Crippen LogP contribution in [0.5, 0.6) is 0 Å². The minimum Gasteiger partial charge on any atom is -0.340 e. The predicted octanol–water partition coefficient (Wildman–Crippen LogP) is 2.22. The molecule has 5 nitrogen and oxygen atoms in total. The molecule has 1 fully saturated rings. The summed E-state index contributed by atoms with van der Waals surface area (Å²) < 4.78 is 0. The SMILES string of the molecule is CNCC(C)C(=O)N1CCN(Cc2cnc(C)s2)CC1.Cl.Cl.Cl. The Morgan fingerprint density at radius 2 is 1.91 bits per heavy atom. The molecular formula is C14H27Cl3N4OS. The number of halogens is 3. The molecule has 136 valence electrons. The lowest BCUT2D eigenvalue weighted by atomic mass is 10.1. The molecule has 1 saturated heterocycles. The summed E-state index contributed by atoms with van der Waals surface area (Å²) >= 11 is 1.76. The Labute approximate surface area is 161 Å². The van der Waals surface area contributed by atoms with Crippen LogP contribution in [0.15, 0.2) is 6.20 Å². The van der Waals surface area contributed by atoms with E-state index in [0.29, 0.717) is 0 Å². The molecule has 1 amide bonds. The van der Waals surface area contributed by atoms with Crippen molar-refractivity contribution >= 4 is 54.5 Å². The summed E-state index contributed by atoms with van der Waals surface area (Å²) in [6.45, 7) is 9.32. The predicted molar refractivity (Wildman–Crippen MR) is 104 cm³/mol. The average molecular weight is 406 g/mol. The molecule has 1 aromatic heterocycles. The van der Waals surface area contributed by atoms with Crippen molar-refractivity contribution < 1.29 is 4.79 Å². The van der Waals surface area contributed by atoms with Gasteiger partial charge in [0.05, 0.1) is 5.01 Å². The van der Waals surface area contributed by atoms with E-state index >= 15 is 0 Å². The minimum atomic E-state index is 0. The summed E-state index contributed by atoms with van der Waals surface area (Å²) in [5.41, 5.74) is 0. The first-order valence-corrected chi connectivity index (χ1v) is 7.99. The Bertz CT molecular complexity index is 453. The van der Waals surface area contributed by atoms with Crippen LogP contribution in [0.4, 0.5) is 0 Å². The molecule has 1 aliphatic rings. The normalized spacial score (nSPS) is 15.9. The van der Waals surface area contributed by atoms with Crippen molar-refractivity contribution in [2.45, 2.75) is 20.4 Å². The van der Waals surface area contributed by atoms with Gasteiger partial charge in [-0.3, -0.25) is 9.69 Å². The van der Waals surface area contributed by atoms with Gasteiger partial charge in [0.2, 0.25) is 5.91 Å². The Morgan fingerprint density at radius 1 is 1.30 bits per heavy atom. The first kappa shape index (κ1) is 25.1. The number of hydrogen-bond acceptors (Lipinski definition) is 5. The van der Waals surface area contributed by atoms with Gasteiger partial charge in [0.15, 0.2) is 0 Å². The Morgan fingerprint density at radius 3 is 2.39 bits per heavy atom. The van der Waals surface area contributed by atoms with Crippen molar-refractivity contribution in [1.82, 2.24) is 20.1 Å². The van der Waals surface area contributed by atoms with Crippen LogP contribution in [-0.4, -0.2) is 60.5 Å². The molecule has 0 spiro atoms. The zero-order valence-electron chi connectivity index (χ0n) is 13.8. The third kappa shape index (κ3) is 7.54. The largest absolute Gasteiger partial charge is 0.340 e. The molecule has 1 aromatic rings. The Kier molecular flexibility index (Phi) is 13.4. The molecule has 9 heteroatoms. The molecule has 1 aliphatic heterocycles. The third-order valence-corrected chi connectivity index (χ3v) is 4.56. The molecule has 0 saturated carbocycles. The highest BCUT2D eigenvalue weighted by atomic mass is 35.5. The number of thiazole rings is 1. The fourth-order valence-electron chi connectivity index (χ4n) is 2.53. The Hall–Kier alpha value is -0.110. The van der Waals surface area contributed by atoms with Crippen molar-refractivity contribution in [2.75, 3.05) is 39.8 Å². The lowest BCUT2D eigenvalue weighted by Crippen LogP contribution is -2.50. The minimum absolute atomic E-state index is 0. The topological polar surface area (TPSA) is 48.5 Å². The van der Waals surface area contributed by atoms with E-state index in [0.717, 1.165) is 44.3 Å². The number of nitrogens with zero attached hydrogens (tertiary/aromatic N) is 3. The molecule has 1 atom stereocenters. The van der Waals surface area contributed by atoms with Gasteiger partial charge in [-0.05, 0) is 14.0 Å². The van der Waals surface area contributed by atoms with Gasteiger partial charge < -0.3 is 10.2 Å². The van der Waals surface area contributed by atoms with Crippen LogP contribution in [0.3, 0.4) is 0 Å². The van der Waals surface area contributed by atoms with Crippen molar-refractivity contribution in [3.05, 3.63) is 16.1 Å². The summed E-state index contributed by atoms with van der Waals surface area (Å²) in [6, 6.07) is 0. The van der Waals surface area contributed by atoms with Crippen LogP contribution in [0.2, 0.25) is 0 Å². The van der Waals surface area contributed by atoms with Crippen LogP contribution < -0.4 is 5.32 Å². The number of piperazine rings is 1. The number of carbonyl (C=O) groups is 1. The highest BCUT2D eigenvalue weighted by Crippen LogP contribution is 2.16. The van der Waals surface area contributed by atoms with Gasteiger partial charge in [0.1, 0.15) is 0 Å². The zero-order valence-corrected chi connectivity index (χ0v) is 17.0. The maximum absolute atomic E-state index is 12.2. The molecule has 0 aliphatic carbocycles. The van der Waals surface area contributed by atoms with E-state index in [9.17, 15) is 4.79 Å². The molecule has 0 radical (unpaired) electrons. The van der Waals surface area contributed by atoms with Gasteiger partial charge in [0.25, 0.3) is 0 Å². The molecule has 0 aromatic carbocycles. The van der Waals surface area contributed by atoms with Crippen molar-refractivity contribution in [1.29, 1.82) is 0 Å². The first-order chi connectivity index (χ1) is 9.60. The van der Waals surface area contributed by atoms with Gasteiger partial charge in [-0.2, -0.15) is 0 Å². The molecule has 1 unspecified atom stereocenters. The number of aryl methyl sites for hydroxylation is 1. The van der Waals surface area contributed by atoms with Crippen LogP contribution in [0, 0.1) is 12.8 Å². The van der Waals surface area contributed by atoms with Gasteiger partial charge in [-0.25, -0.2) is 4.98 Å². The molecule has 1 N–H and O–H groups in total. The fraction of sp³-hybridized carbons (Fsp3) is 0.714. The quantitative estimate of drug-likeness (QED) is 0.816. The first-order valence-electron chi connectivity index (χ1n) is 7.17. The summed E-state index contributed by atoms with van der Waals surface area (Å²) in [5.74, 6) is 0.336. The maximum Gasteiger partial charge on any atom is 0.226 e. The van der Waals surface area contributed by atoms with Crippen LogP contribution in [0.25, 0.3) is 0 Å². The third-order valence-electron chi connectivity index (χ3n) is 3.66. The highest BCUT2D eigenvalue weighted by molar-refractivity contribution is 7.11. The molecule has 23 heavy (non-hydrogen) atoms. The number of aromatic nitrogens is 1. The molecule has 2 rings (SSSR count). The van der Waals surface area contributed by atoms with Gasteiger partial charge >= 0.3 is 0 Å². The van der Waals surface area contributed by atoms with Crippen molar-refractivity contribution in [3.8, 4) is 0 Å². The van der Waals surface area contributed by atoms with E-state index in [-0.39, 0.29) is 49.0 Å². The zero-order chi connectivity index (χ0) is 14.5. The van der Waals surface area contributed by atoms with E-state index in [1.165, 1.54) is 4.88 Å². The lowest BCUT2D eigenvalue weighted by molar-refractivity contribution is -0.136. The molecular weight excluding hydrogens is 379 g/mol. The van der Waals surface area contributed by atoms with E-state index in [2.05, 4.69) is 15.2 Å². The van der Waals surface area contributed by atoms with Gasteiger partial charge in [-0.15, -0.1) is 48.6 Å². The number of amides is 1. The van der Waals surface area contributed by atoms with E-state index in [1.807, 2.05) is 32.0 Å². The highest BCUT2D eigenvalue weighted by Gasteiger charge is 2.24. The summed E-state index contributed by atoms with van der Waals surface area (Å²) in [4.78, 5) is 22.2. The lowest BCUT2D eigenvalue weighted by Gasteiger charge is -2.35. The number of nitrogens with one attached hydrogen (secondary N) is 1.